The molecule has 1 aromatic carbocycles. The van der Waals surface area contributed by atoms with E-state index in [9.17, 15) is 4.79 Å². The van der Waals surface area contributed by atoms with Crippen LogP contribution in [-0.2, 0) is 6.42 Å². The third kappa shape index (κ3) is 5.21. The van der Waals surface area contributed by atoms with Gasteiger partial charge in [0, 0.05) is 6.42 Å². The van der Waals surface area contributed by atoms with Crippen LogP contribution in [0.15, 0.2) is 53.1 Å². The molecule has 7 heteroatoms. The lowest BCUT2D eigenvalue weighted by atomic mass is 10.1. The number of carbonyl (C=O) groups excluding carboxylic acids is 1. The predicted octanol–water partition coefficient (Wildman–Crippen LogP) is 2.51. The minimum atomic E-state index is -1.63. The topological polar surface area (TPSA) is 58.9 Å². The Bertz CT molecular complexity index is 583. The summed E-state index contributed by atoms with van der Waals surface area (Å²) in [7, 11) is 0. The lowest BCUT2D eigenvalue weighted by Gasteiger charge is -2.23. The molecule has 2 aromatic rings. The van der Waals surface area contributed by atoms with Gasteiger partial charge in [0.1, 0.15) is 0 Å². The molecule has 0 aliphatic heterocycles. The average Bonchev–Trinajstić information content (AvgIpc) is 3.00. The van der Waals surface area contributed by atoms with Crippen molar-refractivity contribution in [3.05, 3.63) is 60.1 Å². The molecule has 22 heavy (non-hydrogen) atoms. The highest BCUT2D eigenvalue weighted by Gasteiger charge is 2.37. The molecule has 1 amide bonds. The maximum atomic E-state index is 12.0. The fourth-order valence-corrected chi connectivity index (χ4v) is 2.39. The summed E-state index contributed by atoms with van der Waals surface area (Å²) in [6.45, 7) is 0.668. The fraction of sp³-hybridized carbons (Fsp3) is 0.267. The van der Waals surface area contributed by atoms with Gasteiger partial charge < -0.3 is 9.73 Å². The SMILES string of the molecule is O=C(N[C@@H]([NH2+]CCc1ccccc1)C(Cl)(Cl)Cl)c1ccco1. The standard InChI is InChI=1S/C15H15Cl3N2O2/c16-15(17,18)14(20-13(21)12-7-4-10-22-12)19-9-8-11-5-2-1-3-6-11/h1-7,10,14,19H,8-9H2,(H,20,21)/p+1/t14-/m1/s1. The Labute approximate surface area is 143 Å². The molecule has 0 saturated heterocycles. The van der Waals surface area contributed by atoms with E-state index in [2.05, 4.69) is 5.32 Å². The fourth-order valence-electron chi connectivity index (χ4n) is 1.96. The number of amides is 1. The summed E-state index contributed by atoms with van der Waals surface area (Å²) in [5.74, 6) is -0.243. The van der Waals surface area contributed by atoms with Gasteiger partial charge >= 0.3 is 0 Å². The van der Waals surface area contributed by atoms with E-state index >= 15 is 0 Å². The maximum absolute atomic E-state index is 12.0. The largest absolute Gasteiger partial charge is 0.459 e. The van der Waals surface area contributed by atoms with Crippen molar-refractivity contribution in [2.75, 3.05) is 6.54 Å². The first-order valence-electron chi connectivity index (χ1n) is 6.75. The number of hydrogen-bond donors (Lipinski definition) is 2. The van der Waals surface area contributed by atoms with Crippen molar-refractivity contribution >= 4 is 40.7 Å². The normalized spacial score (nSPS) is 12.9. The summed E-state index contributed by atoms with van der Waals surface area (Å²) in [6.07, 6.45) is 1.51. The molecule has 0 aliphatic carbocycles. The number of carbonyl (C=O) groups is 1. The number of rotatable bonds is 6. The highest BCUT2D eigenvalue weighted by Crippen LogP contribution is 2.27. The van der Waals surface area contributed by atoms with Crippen LogP contribution in [-0.4, -0.2) is 22.4 Å². The van der Waals surface area contributed by atoms with Crippen LogP contribution in [0.5, 0.6) is 0 Å². The molecule has 0 spiro atoms. The van der Waals surface area contributed by atoms with E-state index in [4.69, 9.17) is 39.2 Å². The Hall–Kier alpha value is -1.20. The Balaban J connectivity index is 1.91. The number of nitrogens with two attached hydrogens (primary N) is 1. The van der Waals surface area contributed by atoms with Crippen molar-refractivity contribution in [1.29, 1.82) is 0 Å². The molecule has 3 N–H and O–H groups in total. The molecule has 118 valence electrons. The molecule has 0 radical (unpaired) electrons. The molecule has 4 nitrogen and oxygen atoms in total. The predicted molar refractivity (Wildman–Crippen MR) is 87.2 cm³/mol. The number of alkyl halides is 3. The van der Waals surface area contributed by atoms with Gasteiger partial charge in [-0.15, -0.1) is 0 Å². The number of furan rings is 1. The van der Waals surface area contributed by atoms with Gasteiger partial charge in [0.25, 0.3) is 9.70 Å². The molecule has 0 aliphatic rings. The van der Waals surface area contributed by atoms with Gasteiger partial charge in [0.05, 0.1) is 12.8 Å². The van der Waals surface area contributed by atoms with Gasteiger partial charge in [-0.25, -0.2) is 0 Å². The third-order valence-electron chi connectivity index (χ3n) is 3.06. The Morgan fingerprint density at radius 1 is 1.18 bits per heavy atom. The van der Waals surface area contributed by atoms with Gasteiger partial charge in [-0.05, 0) is 17.7 Å². The van der Waals surface area contributed by atoms with Crippen molar-refractivity contribution in [3.63, 3.8) is 0 Å². The van der Waals surface area contributed by atoms with Crippen molar-refractivity contribution in [2.45, 2.75) is 16.4 Å². The molecule has 0 unspecified atom stereocenters. The zero-order valence-corrected chi connectivity index (χ0v) is 13.9. The van der Waals surface area contributed by atoms with Gasteiger partial charge in [0.2, 0.25) is 6.17 Å². The van der Waals surface area contributed by atoms with E-state index in [1.54, 1.807) is 17.4 Å². The lowest BCUT2D eigenvalue weighted by Crippen LogP contribution is -2.96. The summed E-state index contributed by atoms with van der Waals surface area (Å²) in [4.78, 5) is 12.0. The van der Waals surface area contributed by atoms with Crippen molar-refractivity contribution in [3.8, 4) is 0 Å². The summed E-state index contributed by atoms with van der Waals surface area (Å²) in [5, 5.41) is 4.45. The first-order chi connectivity index (χ1) is 10.5. The number of quaternary nitrogens is 1. The average molecular weight is 363 g/mol. The van der Waals surface area contributed by atoms with Crippen LogP contribution in [0.3, 0.4) is 0 Å². The Kier molecular flexibility index (Phi) is 6.15. The third-order valence-corrected chi connectivity index (χ3v) is 3.77. The first-order valence-corrected chi connectivity index (χ1v) is 7.88. The molecule has 1 aromatic heterocycles. The van der Waals surface area contributed by atoms with Crippen LogP contribution in [0, 0.1) is 0 Å². The molecule has 0 fully saturated rings. The van der Waals surface area contributed by atoms with Gasteiger partial charge in [-0.3, -0.25) is 10.1 Å². The summed E-state index contributed by atoms with van der Waals surface area (Å²) in [6, 6.07) is 13.1. The van der Waals surface area contributed by atoms with Crippen LogP contribution < -0.4 is 10.6 Å². The van der Waals surface area contributed by atoms with Crippen LogP contribution in [0.1, 0.15) is 16.1 Å². The zero-order valence-electron chi connectivity index (χ0n) is 11.6. The van der Waals surface area contributed by atoms with Gasteiger partial charge in [-0.2, -0.15) is 0 Å². The van der Waals surface area contributed by atoms with Gasteiger partial charge in [-0.1, -0.05) is 65.1 Å². The van der Waals surface area contributed by atoms with E-state index in [0.29, 0.717) is 6.54 Å². The van der Waals surface area contributed by atoms with E-state index in [1.807, 2.05) is 30.3 Å². The van der Waals surface area contributed by atoms with Crippen molar-refractivity contribution < 1.29 is 14.5 Å². The molecule has 1 heterocycles. The molecule has 0 bridgehead atoms. The number of nitrogens with one attached hydrogen (secondary N) is 1. The van der Waals surface area contributed by atoms with Crippen molar-refractivity contribution in [1.82, 2.24) is 5.32 Å². The smallest absolute Gasteiger partial charge is 0.291 e. The number of halogens is 3. The van der Waals surface area contributed by atoms with Crippen LogP contribution in [0.25, 0.3) is 0 Å². The molecular weight excluding hydrogens is 347 g/mol. The minimum Gasteiger partial charge on any atom is -0.459 e. The van der Waals surface area contributed by atoms with Gasteiger partial charge in [0.15, 0.2) is 5.76 Å². The van der Waals surface area contributed by atoms with E-state index in [0.717, 1.165) is 6.42 Å². The van der Waals surface area contributed by atoms with E-state index < -0.39 is 15.9 Å². The Morgan fingerprint density at radius 2 is 1.91 bits per heavy atom. The second kappa shape index (κ2) is 7.88. The minimum absolute atomic E-state index is 0.177. The lowest BCUT2D eigenvalue weighted by molar-refractivity contribution is -0.691. The maximum Gasteiger partial charge on any atom is 0.291 e. The second-order valence-corrected chi connectivity index (χ2v) is 7.10. The van der Waals surface area contributed by atoms with Crippen LogP contribution in [0.4, 0.5) is 0 Å². The zero-order chi connectivity index (χ0) is 16.0. The number of hydrogen-bond acceptors (Lipinski definition) is 2. The highest BCUT2D eigenvalue weighted by molar-refractivity contribution is 6.68. The first kappa shape index (κ1) is 17.2. The van der Waals surface area contributed by atoms with Crippen LogP contribution in [0.2, 0.25) is 0 Å². The summed E-state index contributed by atoms with van der Waals surface area (Å²) >= 11 is 17.8. The molecule has 0 saturated carbocycles. The molecule has 1 atom stereocenters. The Morgan fingerprint density at radius 3 is 2.50 bits per heavy atom. The van der Waals surface area contributed by atoms with E-state index in [1.165, 1.54) is 11.8 Å². The van der Waals surface area contributed by atoms with Crippen molar-refractivity contribution in [2.24, 2.45) is 0 Å². The van der Waals surface area contributed by atoms with Crippen LogP contribution >= 0.6 is 34.8 Å². The second-order valence-electron chi connectivity index (χ2n) is 4.73. The quantitative estimate of drug-likeness (QED) is 0.613. The molecular formula is C15H16Cl3N2O2+. The highest BCUT2D eigenvalue weighted by atomic mass is 35.6. The summed E-state index contributed by atoms with van der Waals surface area (Å²) in [5.41, 5.74) is 1.18. The monoisotopic (exact) mass is 361 g/mol. The summed E-state index contributed by atoms with van der Waals surface area (Å²) < 4.78 is 3.40. The van der Waals surface area contributed by atoms with E-state index in [-0.39, 0.29) is 5.76 Å². The molecule has 2 rings (SSSR count). The number of benzene rings is 1.